The van der Waals surface area contributed by atoms with Gasteiger partial charge in [-0.2, -0.15) is 0 Å². The fourth-order valence-corrected chi connectivity index (χ4v) is 3.06. The summed E-state index contributed by atoms with van der Waals surface area (Å²) in [4.78, 5) is 2.59. The Labute approximate surface area is 123 Å². The average Bonchev–Trinajstić information content (AvgIpc) is 2.49. The molecule has 20 heavy (non-hydrogen) atoms. The zero-order valence-corrected chi connectivity index (χ0v) is 13.1. The van der Waals surface area contributed by atoms with E-state index in [2.05, 4.69) is 36.2 Å². The Bertz CT molecular complexity index is 382. The lowest BCUT2D eigenvalue weighted by Gasteiger charge is -2.35. The molecule has 1 aliphatic heterocycles. The Kier molecular flexibility index (Phi) is 5.72. The number of methoxy groups -OCH3 is 1. The van der Waals surface area contributed by atoms with Crippen molar-refractivity contribution in [2.75, 3.05) is 32.1 Å². The van der Waals surface area contributed by atoms with E-state index in [0.717, 1.165) is 11.7 Å². The van der Waals surface area contributed by atoms with Gasteiger partial charge < -0.3 is 15.0 Å². The monoisotopic (exact) mass is 276 g/mol. The number of ether oxygens (including phenoxy) is 1. The molecule has 0 saturated carbocycles. The molecule has 2 rings (SSSR count). The fourth-order valence-electron chi connectivity index (χ4n) is 3.06. The first-order chi connectivity index (χ1) is 9.72. The zero-order chi connectivity index (χ0) is 14.4. The van der Waals surface area contributed by atoms with E-state index in [9.17, 15) is 0 Å². The molecule has 1 N–H and O–H groups in total. The highest BCUT2D eigenvalue weighted by Crippen LogP contribution is 2.24. The number of likely N-dealkylation sites (tertiary alicyclic amines) is 1. The molecular formula is C17H28N2O. The third-order valence-electron chi connectivity index (χ3n) is 4.36. The minimum atomic E-state index is 0.534. The van der Waals surface area contributed by atoms with Gasteiger partial charge in [-0.1, -0.05) is 6.92 Å². The highest BCUT2D eigenvalue weighted by atomic mass is 16.5. The number of hydrogen-bond acceptors (Lipinski definition) is 3. The number of benzene rings is 1. The van der Waals surface area contributed by atoms with Crippen LogP contribution in [0.15, 0.2) is 24.3 Å². The third kappa shape index (κ3) is 4.14. The molecule has 1 aromatic rings. The summed E-state index contributed by atoms with van der Waals surface area (Å²) < 4.78 is 5.19. The molecular weight excluding hydrogens is 248 g/mol. The van der Waals surface area contributed by atoms with E-state index in [-0.39, 0.29) is 0 Å². The number of nitrogens with zero attached hydrogens (tertiary/aromatic N) is 1. The summed E-state index contributed by atoms with van der Waals surface area (Å²) in [5, 5.41) is 3.64. The van der Waals surface area contributed by atoms with E-state index in [4.69, 9.17) is 4.74 Å². The van der Waals surface area contributed by atoms with Gasteiger partial charge in [0.15, 0.2) is 0 Å². The van der Waals surface area contributed by atoms with Gasteiger partial charge in [-0.15, -0.1) is 0 Å². The summed E-state index contributed by atoms with van der Waals surface area (Å²) in [6.45, 7) is 8.34. The minimum Gasteiger partial charge on any atom is -0.497 e. The number of piperidine rings is 1. The molecule has 1 atom stereocenters. The van der Waals surface area contributed by atoms with Gasteiger partial charge in [-0.25, -0.2) is 0 Å². The molecule has 0 amide bonds. The van der Waals surface area contributed by atoms with Gasteiger partial charge in [-0.05, 0) is 76.0 Å². The van der Waals surface area contributed by atoms with Crippen molar-refractivity contribution in [2.45, 2.75) is 39.2 Å². The molecule has 112 valence electrons. The highest BCUT2D eigenvalue weighted by Gasteiger charge is 2.23. The SMILES string of the molecule is CCCN1CCC(C(C)Nc2ccc(OC)cc2)CC1. The predicted molar refractivity (Wildman–Crippen MR) is 85.5 cm³/mol. The average molecular weight is 276 g/mol. The molecule has 1 saturated heterocycles. The summed E-state index contributed by atoms with van der Waals surface area (Å²) in [7, 11) is 1.70. The Hall–Kier alpha value is -1.22. The van der Waals surface area contributed by atoms with Gasteiger partial charge >= 0.3 is 0 Å². The van der Waals surface area contributed by atoms with E-state index in [1.54, 1.807) is 7.11 Å². The van der Waals surface area contributed by atoms with Crippen molar-refractivity contribution in [1.29, 1.82) is 0 Å². The van der Waals surface area contributed by atoms with Crippen LogP contribution < -0.4 is 10.1 Å². The predicted octanol–water partition coefficient (Wildman–Crippen LogP) is 3.62. The van der Waals surface area contributed by atoms with E-state index in [1.807, 2.05) is 12.1 Å². The van der Waals surface area contributed by atoms with Crippen LogP contribution in [0.4, 0.5) is 5.69 Å². The van der Waals surface area contributed by atoms with Crippen LogP contribution >= 0.6 is 0 Å². The normalized spacial score (nSPS) is 18.8. The molecule has 0 aliphatic carbocycles. The second-order valence-electron chi connectivity index (χ2n) is 5.84. The summed E-state index contributed by atoms with van der Waals surface area (Å²) in [5.41, 5.74) is 1.19. The summed E-state index contributed by atoms with van der Waals surface area (Å²) in [5.74, 6) is 1.70. The lowest BCUT2D eigenvalue weighted by atomic mass is 9.90. The van der Waals surface area contributed by atoms with Crippen LogP contribution in [0.3, 0.4) is 0 Å². The third-order valence-corrected chi connectivity index (χ3v) is 4.36. The molecule has 1 aliphatic rings. The van der Waals surface area contributed by atoms with Crippen molar-refractivity contribution < 1.29 is 4.74 Å². The largest absolute Gasteiger partial charge is 0.497 e. The Morgan fingerprint density at radius 3 is 2.45 bits per heavy atom. The first kappa shape index (κ1) is 15.2. The molecule has 3 nitrogen and oxygen atoms in total. The lowest BCUT2D eigenvalue weighted by Crippen LogP contribution is -2.39. The quantitative estimate of drug-likeness (QED) is 0.859. The summed E-state index contributed by atoms with van der Waals surface area (Å²) in [6.07, 6.45) is 3.89. The van der Waals surface area contributed by atoms with Crippen molar-refractivity contribution in [2.24, 2.45) is 5.92 Å². The van der Waals surface area contributed by atoms with Gasteiger partial charge in [-0.3, -0.25) is 0 Å². The summed E-state index contributed by atoms with van der Waals surface area (Å²) in [6, 6.07) is 8.76. The van der Waals surface area contributed by atoms with Crippen molar-refractivity contribution in [3.63, 3.8) is 0 Å². The minimum absolute atomic E-state index is 0.534. The van der Waals surface area contributed by atoms with Crippen molar-refractivity contribution in [3.8, 4) is 5.75 Å². The molecule has 1 aromatic carbocycles. The van der Waals surface area contributed by atoms with Crippen LogP contribution in [-0.4, -0.2) is 37.7 Å². The standard InChI is InChI=1S/C17H28N2O/c1-4-11-19-12-9-15(10-13-19)14(2)18-16-5-7-17(20-3)8-6-16/h5-8,14-15,18H,4,9-13H2,1-3H3. The van der Waals surface area contributed by atoms with Gasteiger partial charge in [0.2, 0.25) is 0 Å². The number of hydrogen-bond donors (Lipinski definition) is 1. The maximum atomic E-state index is 5.19. The highest BCUT2D eigenvalue weighted by molar-refractivity contribution is 5.47. The molecule has 1 fully saturated rings. The van der Waals surface area contributed by atoms with E-state index >= 15 is 0 Å². The van der Waals surface area contributed by atoms with Gasteiger partial charge in [0, 0.05) is 11.7 Å². The molecule has 0 radical (unpaired) electrons. The van der Waals surface area contributed by atoms with Crippen LogP contribution in [0.5, 0.6) is 5.75 Å². The number of nitrogens with one attached hydrogen (secondary N) is 1. The topological polar surface area (TPSA) is 24.5 Å². The van der Waals surface area contributed by atoms with Crippen LogP contribution in [0.1, 0.15) is 33.1 Å². The molecule has 0 bridgehead atoms. The smallest absolute Gasteiger partial charge is 0.119 e. The second kappa shape index (κ2) is 7.53. The van der Waals surface area contributed by atoms with E-state index < -0.39 is 0 Å². The van der Waals surface area contributed by atoms with Crippen LogP contribution in [0.2, 0.25) is 0 Å². The Morgan fingerprint density at radius 2 is 1.90 bits per heavy atom. The van der Waals surface area contributed by atoms with Crippen LogP contribution in [-0.2, 0) is 0 Å². The maximum Gasteiger partial charge on any atom is 0.119 e. The fraction of sp³-hybridized carbons (Fsp3) is 0.647. The first-order valence-electron chi connectivity index (χ1n) is 7.86. The molecule has 1 unspecified atom stereocenters. The van der Waals surface area contributed by atoms with Gasteiger partial charge in [0.1, 0.15) is 5.75 Å². The van der Waals surface area contributed by atoms with E-state index in [1.165, 1.54) is 44.6 Å². The maximum absolute atomic E-state index is 5.19. The lowest BCUT2D eigenvalue weighted by molar-refractivity contribution is 0.176. The van der Waals surface area contributed by atoms with Crippen molar-refractivity contribution in [3.05, 3.63) is 24.3 Å². The van der Waals surface area contributed by atoms with Crippen molar-refractivity contribution >= 4 is 5.69 Å². The van der Waals surface area contributed by atoms with Crippen LogP contribution in [0, 0.1) is 5.92 Å². The van der Waals surface area contributed by atoms with Crippen molar-refractivity contribution in [1.82, 2.24) is 4.90 Å². The molecule has 1 heterocycles. The Morgan fingerprint density at radius 1 is 1.25 bits per heavy atom. The Balaban J connectivity index is 1.81. The number of rotatable bonds is 6. The van der Waals surface area contributed by atoms with Crippen LogP contribution in [0.25, 0.3) is 0 Å². The zero-order valence-electron chi connectivity index (χ0n) is 13.1. The second-order valence-corrected chi connectivity index (χ2v) is 5.84. The number of anilines is 1. The summed E-state index contributed by atoms with van der Waals surface area (Å²) >= 11 is 0. The molecule has 3 heteroatoms. The molecule has 0 aromatic heterocycles. The van der Waals surface area contributed by atoms with Gasteiger partial charge in [0.25, 0.3) is 0 Å². The first-order valence-corrected chi connectivity index (χ1v) is 7.86. The van der Waals surface area contributed by atoms with E-state index in [0.29, 0.717) is 6.04 Å². The molecule has 0 spiro atoms. The van der Waals surface area contributed by atoms with Gasteiger partial charge in [0.05, 0.1) is 7.11 Å².